The summed E-state index contributed by atoms with van der Waals surface area (Å²) in [6.45, 7) is 2.88. The highest BCUT2D eigenvalue weighted by Crippen LogP contribution is 2.27. The number of nitrogens with zero attached hydrogens (tertiary/aromatic N) is 5. The number of benzene rings is 2. The molecular weight excluding hydrogens is 514 g/mol. The topological polar surface area (TPSA) is 141 Å². The lowest BCUT2D eigenvalue weighted by molar-refractivity contribution is -0.116. The van der Waals surface area contributed by atoms with Gasteiger partial charge in [-0.2, -0.15) is 0 Å². The zero-order valence-corrected chi connectivity index (χ0v) is 21.2. The third-order valence-corrected chi connectivity index (χ3v) is 7.12. The van der Waals surface area contributed by atoms with Crippen molar-refractivity contribution in [2.45, 2.75) is 13.5 Å². The molecule has 2 aliphatic rings. The van der Waals surface area contributed by atoms with Crippen molar-refractivity contribution in [3.05, 3.63) is 63.7 Å². The van der Waals surface area contributed by atoms with E-state index in [1.54, 1.807) is 30.2 Å². The van der Waals surface area contributed by atoms with E-state index >= 15 is 0 Å². The van der Waals surface area contributed by atoms with Crippen LogP contribution in [0.1, 0.15) is 18.1 Å². The molecule has 0 radical (unpaired) electrons. The summed E-state index contributed by atoms with van der Waals surface area (Å²) < 4.78 is 3.69. The predicted octanol–water partition coefficient (Wildman–Crippen LogP) is 3.67. The first-order valence-electron chi connectivity index (χ1n) is 11.0. The van der Waals surface area contributed by atoms with E-state index < -0.39 is 0 Å². The molecule has 2 saturated heterocycles. The quantitative estimate of drug-likeness (QED) is 0.377. The van der Waals surface area contributed by atoms with Crippen molar-refractivity contribution in [2.75, 3.05) is 0 Å². The summed E-state index contributed by atoms with van der Waals surface area (Å²) in [6.07, 6.45) is 5.19. The maximum absolute atomic E-state index is 11.5. The summed E-state index contributed by atoms with van der Waals surface area (Å²) in [5.41, 5.74) is 5.32. The predicted molar refractivity (Wildman–Crippen MR) is 142 cm³/mol. The first kappa shape index (κ1) is 24.5. The number of carbonyl (C=O) groups excluding carboxylic acids is 4. The van der Waals surface area contributed by atoms with Crippen LogP contribution in [0.15, 0.2) is 52.5 Å². The van der Waals surface area contributed by atoms with Gasteiger partial charge in [0.2, 0.25) is 0 Å². The maximum Gasteiger partial charge on any atom is 0.290 e. The molecular formula is C24H19N7O4S2. The summed E-state index contributed by atoms with van der Waals surface area (Å²) in [7, 11) is 1.80. The van der Waals surface area contributed by atoms with E-state index in [2.05, 4.69) is 25.9 Å². The van der Waals surface area contributed by atoms with Crippen LogP contribution >= 0.6 is 23.5 Å². The molecule has 0 saturated carbocycles. The number of imide groups is 2. The Balaban J connectivity index is 0.000000152. The fourth-order valence-electron chi connectivity index (χ4n) is 3.70. The summed E-state index contributed by atoms with van der Waals surface area (Å²) in [5, 5.41) is 11.7. The van der Waals surface area contributed by atoms with Gasteiger partial charge in [0.25, 0.3) is 22.3 Å². The Morgan fingerprint density at radius 2 is 1.41 bits per heavy atom. The second-order valence-electron chi connectivity index (χ2n) is 7.94. The summed E-state index contributed by atoms with van der Waals surface area (Å²) in [5.74, 6) is -0.688. The Bertz CT molecular complexity index is 1670. The fourth-order valence-corrected chi connectivity index (χ4v) is 5.06. The van der Waals surface area contributed by atoms with Crippen LogP contribution in [0, 0.1) is 0 Å². The Morgan fingerprint density at radius 3 is 1.95 bits per heavy atom. The number of hydrogen-bond donors (Lipinski definition) is 2. The zero-order valence-electron chi connectivity index (χ0n) is 19.6. The Morgan fingerprint density at radius 1 is 0.838 bits per heavy atom. The normalized spacial score (nSPS) is 17.6. The van der Waals surface area contributed by atoms with Gasteiger partial charge < -0.3 is 4.57 Å². The Labute approximate surface area is 218 Å². The second-order valence-corrected chi connectivity index (χ2v) is 9.97. The third-order valence-electron chi connectivity index (χ3n) is 5.50. The molecule has 37 heavy (non-hydrogen) atoms. The van der Waals surface area contributed by atoms with Crippen LogP contribution < -0.4 is 10.6 Å². The van der Waals surface area contributed by atoms with Crippen molar-refractivity contribution >= 4 is 80.0 Å². The van der Waals surface area contributed by atoms with Gasteiger partial charge in [-0.25, -0.2) is 9.67 Å². The van der Waals surface area contributed by atoms with E-state index in [1.165, 1.54) is 0 Å². The number of amides is 4. The molecule has 2 aliphatic heterocycles. The largest absolute Gasteiger partial charge is 0.331 e. The highest BCUT2D eigenvalue weighted by atomic mass is 32.2. The number of rotatable bonds is 3. The highest BCUT2D eigenvalue weighted by molar-refractivity contribution is 8.18. The molecule has 0 atom stereocenters. The van der Waals surface area contributed by atoms with Crippen LogP contribution in [-0.4, -0.2) is 46.8 Å². The first-order chi connectivity index (χ1) is 17.8. The SMILES string of the molecule is CCn1cnc2ccc(C=C3SC(=O)NC3=O)cc21.Cn1nnc2ccc(C=C3SC(=O)NC3=O)cc21. The molecule has 4 amide bonds. The van der Waals surface area contributed by atoms with Gasteiger partial charge in [0, 0.05) is 13.6 Å². The standard InChI is InChI=1S/C13H11N3O2S.C11H8N4O2S/c1-2-16-7-14-9-4-3-8(5-10(9)16)6-11-12(17)15-13(18)19-11;1-15-8-4-6(2-3-7(8)13-14-15)5-9-10(16)12-11(17)18-9/h3-7H,2H2,1H3,(H,15,17,18);2-5H,1H3,(H,12,16,17). The lowest BCUT2D eigenvalue weighted by atomic mass is 10.2. The number of fused-ring (bicyclic) bond motifs is 2. The van der Waals surface area contributed by atoms with Crippen molar-refractivity contribution in [3.8, 4) is 0 Å². The molecule has 4 heterocycles. The molecule has 0 unspecified atom stereocenters. The van der Waals surface area contributed by atoms with Gasteiger partial charge in [0.1, 0.15) is 5.52 Å². The molecule has 13 heteroatoms. The molecule has 0 spiro atoms. The van der Waals surface area contributed by atoms with Gasteiger partial charge in [-0.15, -0.1) is 5.10 Å². The number of hydrogen-bond acceptors (Lipinski definition) is 9. The number of imidazole rings is 1. The van der Waals surface area contributed by atoms with Gasteiger partial charge >= 0.3 is 0 Å². The molecule has 4 aromatic rings. The Hall–Kier alpha value is -4.23. The minimum absolute atomic E-state index is 0.323. The lowest BCUT2D eigenvalue weighted by Gasteiger charge is -2.00. The van der Waals surface area contributed by atoms with Crippen molar-refractivity contribution in [2.24, 2.45) is 7.05 Å². The zero-order chi connectivity index (χ0) is 26.1. The number of carbonyl (C=O) groups is 4. The van der Waals surface area contributed by atoms with Gasteiger partial charge in [-0.3, -0.25) is 29.8 Å². The van der Waals surface area contributed by atoms with Crippen LogP contribution in [0.2, 0.25) is 0 Å². The molecule has 2 N–H and O–H groups in total. The molecule has 0 aliphatic carbocycles. The van der Waals surface area contributed by atoms with E-state index in [0.717, 1.165) is 63.3 Å². The highest BCUT2D eigenvalue weighted by Gasteiger charge is 2.25. The summed E-state index contributed by atoms with van der Waals surface area (Å²) >= 11 is 1.83. The fraction of sp³-hybridized carbons (Fsp3) is 0.125. The average molecular weight is 534 g/mol. The average Bonchev–Trinajstić information content (AvgIpc) is 3.61. The molecule has 0 bridgehead atoms. The van der Waals surface area contributed by atoms with Crippen molar-refractivity contribution in [1.29, 1.82) is 0 Å². The van der Waals surface area contributed by atoms with E-state index in [1.807, 2.05) is 47.9 Å². The smallest absolute Gasteiger partial charge is 0.290 e. The number of aromatic nitrogens is 5. The maximum atomic E-state index is 11.5. The van der Waals surface area contributed by atoms with Crippen molar-refractivity contribution in [1.82, 2.24) is 35.2 Å². The summed E-state index contributed by atoms with van der Waals surface area (Å²) in [6, 6.07) is 11.3. The number of nitrogens with one attached hydrogen (secondary N) is 2. The lowest BCUT2D eigenvalue weighted by Crippen LogP contribution is -2.17. The van der Waals surface area contributed by atoms with E-state index in [4.69, 9.17) is 0 Å². The van der Waals surface area contributed by atoms with Crippen LogP contribution in [0.25, 0.3) is 34.2 Å². The number of aryl methyl sites for hydroxylation is 2. The first-order valence-corrected chi connectivity index (χ1v) is 12.7. The monoisotopic (exact) mass is 533 g/mol. The molecule has 186 valence electrons. The molecule has 6 rings (SSSR count). The van der Waals surface area contributed by atoms with Crippen LogP contribution in [0.3, 0.4) is 0 Å². The Kier molecular flexibility index (Phi) is 6.63. The minimum Gasteiger partial charge on any atom is -0.331 e. The van der Waals surface area contributed by atoms with Crippen molar-refractivity contribution in [3.63, 3.8) is 0 Å². The van der Waals surface area contributed by atoms with E-state index in [-0.39, 0.29) is 22.3 Å². The second kappa shape index (κ2) is 10.0. The molecule has 2 aromatic heterocycles. The molecule has 2 fully saturated rings. The van der Waals surface area contributed by atoms with Crippen LogP contribution in [0.4, 0.5) is 9.59 Å². The minimum atomic E-state index is -0.353. The van der Waals surface area contributed by atoms with Gasteiger partial charge in [-0.05, 0) is 78.0 Å². The third kappa shape index (κ3) is 5.17. The van der Waals surface area contributed by atoms with Gasteiger partial charge in [0.05, 0.1) is 32.7 Å². The van der Waals surface area contributed by atoms with E-state index in [0.29, 0.717) is 9.81 Å². The van der Waals surface area contributed by atoms with Gasteiger partial charge in [-0.1, -0.05) is 17.3 Å². The van der Waals surface area contributed by atoms with E-state index in [9.17, 15) is 19.2 Å². The molecule has 2 aromatic carbocycles. The summed E-state index contributed by atoms with van der Waals surface area (Å²) in [4.78, 5) is 50.2. The molecule has 11 nitrogen and oxygen atoms in total. The van der Waals surface area contributed by atoms with Crippen molar-refractivity contribution < 1.29 is 19.2 Å². The van der Waals surface area contributed by atoms with Gasteiger partial charge in [0.15, 0.2) is 0 Å². The number of thioether (sulfide) groups is 2. The van der Waals surface area contributed by atoms with Crippen LogP contribution in [0.5, 0.6) is 0 Å². The van der Waals surface area contributed by atoms with Crippen LogP contribution in [-0.2, 0) is 23.2 Å².